The summed E-state index contributed by atoms with van der Waals surface area (Å²) in [6.45, 7) is -0.210. The third kappa shape index (κ3) is 4.15. The molecule has 1 amide bonds. The van der Waals surface area contributed by atoms with Gasteiger partial charge in [-0.25, -0.2) is 0 Å². The molecule has 1 rings (SSSR count). The Bertz CT molecular complexity index is 437. The first kappa shape index (κ1) is 13.0. The molecule has 5 N–H and O–H groups in total. The van der Waals surface area contributed by atoms with Crippen LogP contribution in [0.1, 0.15) is 0 Å². The molecule has 0 spiro atoms. The fraction of sp³-hybridized carbons (Fsp3) is 0.200. The molecular weight excluding hydrogens is 242 g/mol. The van der Waals surface area contributed by atoms with Gasteiger partial charge in [0.2, 0.25) is 0 Å². The first-order chi connectivity index (χ1) is 8.02. The maximum atomic E-state index is 10.6. The highest BCUT2D eigenvalue weighted by Gasteiger charge is 2.07. The first-order valence-corrected chi connectivity index (χ1v) is 5.09. The van der Waals surface area contributed by atoms with Crippen molar-refractivity contribution in [2.75, 3.05) is 19.0 Å². The van der Waals surface area contributed by atoms with Crippen molar-refractivity contribution in [1.82, 2.24) is 0 Å². The standard InChI is InChI=1S/C10H13N3O3S/c1-15-8-4-6(13-10(12)17)2-3-7(8)16-5-9(11)14/h2-4H,5H2,1H3,(H2,11,14)(H3,12,13,17). The molecule has 0 radical (unpaired) electrons. The van der Waals surface area contributed by atoms with Gasteiger partial charge in [0.15, 0.2) is 23.2 Å². The van der Waals surface area contributed by atoms with Gasteiger partial charge in [-0.2, -0.15) is 0 Å². The minimum atomic E-state index is -0.558. The van der Waals surface area contributed by atoms with E-state index in [-0.39, 0.29) is 11.7 Å². The topological polar surface area (TPSA) is 99.6 Å². The molecule has 1 aromatic carbocycles. The molecule has 0 atom stereocenters. The lowest BCUT2D eigenvalue weighted by molar-refractivity contribution is -0.119. The van der Waals surface area contributed by atoms with Gasteiger partial charge >= 0.3 is 0 Å². The van der Waals surface area contributed by atoms with Gasteiger partial charge in [0.05, 0.1) is 7.11 Å². The number of carbonyl (C=O) groups is 1. The van der Waals surface area contributed by atoms with Crippen molar-refractivity contribution in [3.05, 3.63) is 18.2 Å². The van der Waals surface area contributed by atoms with Crippen LogP contribution in [0, 0.1) is 0 Å². The molecule has 0 heterocycles. The molecule has 0 aliphatic rings. The molecular formula is C10H13N3O3S. The summed E-state index contributed by atoms with van der Waals surface area (Å²) in [6, 6.07) is 4.97. The van der Waals surface area contributed by atoms with Crippen LogP contribution in [0.15, 0.2) is 18.2 Å². The van der Waals surface area contributed by atoms with Crippen LogP contribution in [-0.2, 0) is 4.79 Å². The summed E-state index contributed by atoms with van der Waals surface area (Å²) in [5.41, 5.74) is 11.0. The smallest absolute Gasteiger partial charge is 0.255 e. The van der Waals surface area contributed by atoms with E-state index in [1.807, 2.05) is 0 Å². The van der Waals surface area contributed by atoms with Crippen molar-refractivity contribution in [2.24, 2.45) is 11.5 Å². The third-order valence-electron chi connectivity index (χ3n) is 1.80. The van der Waals surface area contributed by atoms with Gasteiger partial charge < -0.3 is 26.3 Å². The van der Waals surface area contributed by atoms with Crippen LogP contribution in [0.5, 0.6) is 11.5 Å². The van der Waals surface area contributed by atoms with E-state index in [1.54, 1.807) is 18.2 Å². The lowest BCUT2D eigenvalue weighted by Gasteiger charge is -2.11. The molecule has 0 saturated carbocycles. The second kappa shape index (κ2) is 5.90. The molecule has 0 bridgehead atoms. The number of hydrogen-bond donors (Lipinski definition) is 3. The molecule has 7 heteroatoms. The van der Waals surface area contributed by atoms with Crippen molar-refractivity contribution < 1.29 is 14.3 Å². The Morgan fingerprint density at radius 2 is 2.12 bits per heavy atom. The normalized spacial score (nSPS) is 9.47. The van der Waals surface area contributed by atoms with Crippen LogP contribution in [0.4, 0.5) is 5.69 Å². The number of rotatable bonds is 5. The molecule has 0 fully saturated rings. The summed E-state index contributed by atoms with van der Waals surface area (Å²) in [6.07, 6.45) is 0. The van der Waals surface area contributed by atoms with E-state index in [4.69, 9.17) is 33.2 Å². The zero-order valence-electron chi connectivity index (χ0n) is 9.23. The molecule has 17 heavy (non-hydrogen) atoms. The Kier molecular flexibility index (Phi) is 4.53. The number of thiocarbonyl (C=S) groups is 1. The van der Waals surface area contributed by atoms with Crippen LogP contribution in [-0.4, -0.2) is 24.7 Å². The van der Waals surface area contributed by atoms with E-state index in [2.05, 4.69) is 5.32 Å². The number of hydrogen-bond acceptors (Lipinski definition) is 4. The molecule has 0 aliphatic heterocycles. The molecule has 1 aromatic rings. The minimum Gasteiger partial charge on any atom is -0.493 e. The molecule has 0 unspecified atom stereocenters. The molecule has 0 aliphatic carbocycles. The summed E-state index contributed by atoms with van der Waals surface area (Å²) < 4.78 is 10.3. The van der Waals surface area contributed by atoms with Crippen molar-refractivity contribution in [2.45, 2.75) is 0 Å². The number of nitrogens with two attached hydrogens (primary N) is 2. The Morgan fingerprint density at radius 3 is 2.65 bits per heavy atom. The number of primary amides is 1. The highest BCUT2D eigenvalue weighted by molar-refractivity contribution is 7.80. The Morgan fingerprint density at radius 1 is 1.41 bits per heavy atom. The Hall–Kier alpha value is -2.02. The van der Waals surface area contributed by atoms with Crippen LogP contribution in [0.2, 0.25) is 0 Å². The van der Waals surface area contributed by atoms with E-state index in [0.717, 1.165) is 0 Å². The van der Waals surface area contributed by atoms with Crippen molar-refractivity contribution >= 4 is 28.9 Å². The lowest BCUT2D eigenvalue weighted by Crippen LogP contribution is -2.20. The molecule has 6 nitrogen and oxygen atoms in total. The van der Waals surface area contributed by atoms with Crippen LogP contribution < -0.4 is 26.3 Å². The fourth-order valence-electron chi connectivity index (χ4n) is 1.16. The van der Waals surface area contributed by atoms with Crippen molar-refractivity contribution in [3.8, 4) is 11.5 Å². The summed E-state index contributed by atoms with van der Waals surface area (Å²) in [5, 5.41) is 2.90. The Balaban J connectivity index is 2.85. The first-order valence-electron chi connectivity index (χ1n) is 4.68. The van der Waals surface area contributed by atoms with Gasteiger partial charge in [-0.05, 0) is 24.4 Å². The largest absolute Gasteiger partial charge is 0.493 e. The number of methoxy groups -OCH3 is 1. The predicted octanol–water partition coefficient (Wildman–Crippen LogP) is 0.215. The zero-order chi connectivity index (χ0) is 12.8. The van der Waals surface area contributed by atoms with E-state index < -0.39 is 5.91 Å². The summed E-state index contributed by atoms with van der Waals surface area (Å²) in [7, 11) is 1.48. The number of ether oxygens (including phenoxy) is 2. The van der Waals surface area contributed by atoms with Crippen LogP contribution >= 0.6 is 12.2 Å². The SMILES string of the molecule is COc1cc(NC(N)=S)ccc1OCC(N)=O. The van der Waals surface area contributed by atoms with Gasteiger partial charge in [-0.15, -0.1) is 0 Å². The Labute approximate surface area is 104 Å². The lowest BCUT2D eigenvalue weighted by atomic mass is 10.3. The summed E-state index contributed by atoms with van der Waals surface area (Å²) >= 11 is 4.71. The average molecular weight is 255 g/mol. The molecule has 0 aromatic heterocycles. The van der Waals surface area contributed by atoms with Gasteiger partial charge in [-0.3, -0.25) is 4.79 Å². The number of nitrogens with one attached hydrogen (secondary N) is 1. The predicted molar refractivity (Wildman–Crippen MR) is 68.1 cm³/mol. The van der Waals surface area contributed by atoms with Gasteiger partial charge in [0.1, 0.15) is 0 Å². The number of anilines is 1. The maximum absolute atomic E-state index is 10.6. The number of benzene rings is 1. The fourth-order valence-corrected chi connectivity index (χ4v) is 1.27. The second-order valence-electron chi connectivity index (χ2n) is 3.11. The van der Waals surface area contributed by atoms with E-state index >= 15 is 0 Å². The maximum Gasteiger partial charge on any atom is 0.255 e. The third-order valence-corrected chi connectivity index (χ3v) is 1.90. The summed E-state index contributed by atoms with van der Waals surface area (Å²) in [4.78, 5) is 10.6. The monoisotopic (exact) mass is 255 g/mol. The highest BCUT2D eigenvalue weighted by atomic mass is 32.1. The van der Waals surface area contributed by atoms with Crippen molar-refractivity contribution in [3.63, 3.8) is 0 Å². The van der Waals surface area contributed by atoms with Gasteiger partial charge in [-0.1, -0.05) is 0 Å². The average Bonchev–Trinajstić information content (AvgIpc) is 2.26. The van der Waals surface area contributed by atoms with Crippen LogP contribution in [0.3, 0.4) is 0 Å². The zero-order valence-corrected chi connectivity index (χ0v) is 10.0. The van der Waals surface area contributed by atoms with E-state index in [1.165, 1.54) is 7.11 Å². The van der Waals surface area contributed by atoms with Crippen molar-refractivity contribution in [1.29, 1.82) is 0 Å². The van der Waals surface area contributed by atoms with E-state index in [0.29, 0.717) is 17.2 Å². The minimum absolute atomic E-state index is 0.151. The van der Waals surface area contributed by atoms with Gasteiger partial charge in [0.25, 0.3) is 5.91 Å². The van der Waals surface area contributed by atoms with Gasteiger partial charge in [0, 0.05) is 11.8 Å². The molecule has 0 saturated heterocycles. The number of carbonyl (C=O) groups excluding carboxylic acids is 1. The molecule has 92 valence electrons. The van der Waals surface area contributed by atoms with Crippen LogP contribution in [0.25, 0.3) is 0 Å². The highest BCUT2D eigenvalue weighted by Crippen LogP contribution is 2.29. The number of amides is 1. The second-order valence-corrected chi connectivity index (χ2v) is 3.55. The quantitative estimate of drug-likeness (QED) is 0.651. The summed E-state index contributed by atoms with van der Waals surface area (Å²) in [5.74, 6) is 0.310. The van der Waals surface area contributed by atoms with E-state index in [9.17, 15) is 4.79 Å².